The van der Waals surface area contributed by atoms with E-state index in [1.807, 2.05) is 6.08 Å². The zero-order chi connectivity index (χ0) is 6.53. The summed E-state index contributed by atoms with van der Waals surface area (Å²) in [5.74, 6) is 0. The number of nitrogens with zero attached hydrogens (tertiary/aromatic N) is 2. The Hall–Kier alpha value is -1.36. The van der Waals surface area contributed by atoms with E-state index in [0.29, 0.717) is 6.42 Å². The van der Waals surface area contributed by atoms with Crippen LogP contribution in [0.5, 0.6) is 0 Å². The molecular weight excluding hydrogens is 112 g/mol. The Bertz CT molecular complexity index is 216. The average Bonchev–Trinajstić information content (AvgIpc) is 2.13. The van der Waals surface area contributed by atoms with Crippen LogP contribution < -0.4 is 0 Å². The molecule has 1 aliphatic heterocycles. The first-order valence-corrected chi connectivity index (χ1v) is 2.71. The number of hydrogen-bond donors (Lipinski definition) is 0. The summed E-state index contributed by atoms with van der Waals surface area (Å²) in [5.41, 5.74) is 0.757. The van der Waals surface area contributed by atoms with Crippen LogP contribution in [0.25, 0.3) is 0 Å². The van der Waals surface area contributed by atoms with E-state index in [9.17, 15) is 0 Å². The Balaban J connectivity index is 2.77. The van der Waals surface area contributed by atoms with Gasteiger partial charge in [-0.15, -0.1) is 0 Å². The van der Waals surface area contributed by atoms with E-state index in [-0.39, 0.29) is 0 Å². The molecule has 1 heterocycles. The number of rotatable bonds is 0. The maximum Gasteiger partial charge on any atom is 0.0950 e. The van der Waals surface area contributed by atoms with Crippen molar-refractivity contribution in [1.29, 1.82) is 5.26 Å². The van der Waals surface area contributed by atoms with Gasteiger partial charge in [0.2, 0.25) is 0 Å². The molecule has 0 unspecified atom stereocenters. The van der Waals surface area contributed by atoms with E-state index < -0.39 is 0 Å². The van der Waals surface area contributed by atoms with Crippen LogP contribution in [-0.2, 0) is 0 Å². The largest absolute Gasteiger partial charge is 0.265 e. The summed E-state index contributed by atoms with van der Waals surface area (Å²) in [5, 5.41) is 8.40. The van der Waals surface area contributed by atoms with Gasteiger partial charge in [-0.25, -0.2) is 0 Å². The van der Waals surface area contributed by atoms with E-state index in [1.54, 1.807) is 18.5 Å². The predicted molar refractivity (Wildman–Crippen MR) is 35.9 cm³/mol. The minimum Gasteiger partial charge on any atom is -0.265 e. The van der Waals surface area contributed by atoms with Gasteiger partial charge < -0.3 is 0 Å². The summed E-state index contributed by atoms with van der Waals surface area (Å²) in [6.07, 6.45) is 7.61. The molecular formula is C7H6N2. The molecule has 0 fully saturated rings. The third-order valence-corrected chi connectivity index (χ3v) is 1.03. The van der Waals surface area contributed by atoms with Crippen LogP contribution in [0.15, 0.2) is 28.9 Å². The van der Waals surface area contributed by atoms with E-state index in [2.05, 4.69) is 11.1 Å². The summed E-state index contributed by atoms with van der Waals surface area (Å²) >= 11 is 0. The summed E-state index contributed by atoms with van der Waals surface area (Å²) in [4.78, 5) is 3.84. The van der Waals surface area contributed by atoms with Gasteiger partial charge in [0.05, 0.1) is 6.07 Å². The maximum absolute atomic E-state index is 8.40. The quantitative estimate of drug-likeness (QED) is 0.474. The van der Waals surface area contributed by atoms with E-state index in [0.717, 1.165) is 5.57 Å². The first kappa shape index (κ1) is 5.77. The second kappa shape index (κ2) is 2.83. The molecule has 1 aliphatic rings. The third-order valence-electron chi connectivity index (χ3n) is 1.03. The first-order valence-electron chi connectivity index (χ1n) is 2.71. The van der Waals surface area contributed by atoms with Crippen molar-refractivity contribution in [3.63, 3.8) is 0 Å². The van der Waals surface area contributed by atoms with Gasteiger partial charge in [-0.05, 0) is 6.08 Å². The second-order valence-electron chi connectivity index (χ2n) is 1.69. The Morgan fingerprint density at radius 1 is 1.67 bits per heavy atom. The van der Waals surface area contributed by atoms with E-state index in [1.165, 1.54) is 0 Å². The molecule has 0 amide bonds. The molecule has 2 nitrogen and oxygen atoms in total. The summed E-state index contributed by atoms with van der Waals surface area (Å²) in [7, 11) is 0. The van der Waals surface area contributed by atoms with Gasteiger partial charge in [0.25, 0.3) is 0 Å². The molecule has 0 radical (unpaired) electrons. The Labute approximate surface area is 53.8 Å². The zero-order valence-electron chi connectivity index (χ0n) is 4.91. The summed E-state index contributed by atoms with van der Waals surface area (Å²) < 4.78 is 0. The SMILES string of the molecule is N#CC1=CC=NC=CC1. The summed E-state index contributed by atoms with van der Waals surface area (Å²) in [6.45, 7) is 0. The second-order valence-corrected chi connectivity index (χ2v) is 1.69. The van der Waals surface area contributed by atoms with Gasteiger partial charge >= 0.3 is 0 Å². The minimum absolute atomic E-state index is 0.705. The molecule has 2 heteroatoms. The van der Waals surface area contributed by atoms with Crippen LogP contribution >= 0.6 is 0 Å². The van der Waals surface area contributed by atoms with E-state index >= 15 is 0 Å². The smallest absolute Gasteiger partial charge is 0.0950 e. The number of allylic oxidation sites excluding steroid dienone is 3. The van der Waals surface area contributed by atoms with Crippen LogP contribution in [0.1, 0.15) is 6.42 Å². The van der Waals surface area contributed by atoms with Crippen molar-refractivity contribution >= 4 is 6.21 Å². The lowest BCUT2D eigenvalue weighted by atomic mass is 10.2. The monoisotopic (exact) mass is 118 g/mol. The molecule has 9 heavy (non-hydrogen) atoms. The normalized spacial score (nSPS) is 16.1. The fraction of sp³-hybridized carbons (Fsp3) is 0.143. The molecule has 1 rings (SSSR count). The van der Waals surface area contributed by atoms with E-state index in [4.69, 9.17) is 5.26 Å². The first-order chi connectivity index (χ1) is 4.43. The molecule has 44 valence electrons. The fourth-order valence-electron chi connectivity index (χ4n) is 0.574. The van der Waals surface area contributed by atoms with Crippen molar-refractivity contribution in [3.8, 4) is 6.07 Å². The van der Waals surface area contributed by atoms with Gasteiger partial charge in [-0.3, -0.25) is 4.99 Å². The van der Waals surface area contributed by atoms with Crippen molar-refractivity contribution in [2.45, 2.75) is 6.42 Å². The van der Waals surface area contributed by atoms with Gasteiger partial charge in [0.1, 0.15) is 0 Å². The van der Waals surface area contributed by atoms with Crippen molar-refractivity contribution < 1.29 is 0 Å². The number of hydrogen-bond acceptors (Lipinski definition) is 2. The molecule has 0 saturated heterocycles. The molecule has 0 aliphatic carbocycles. The third kappa shape index (κ3) is 1.54. The molecule has 0 atom stereocenters. The molecule has 0 aromatic heterocycles. The van der Waals surface area contributed by atoms with Gasteiger partial charge in [-0.2, -0.15) is 5.26 Å². The van der Waals surface area contributed by atoms with Crippen molar-refractivity contribution in [1.82, 2.24) is 0 Å². The highest BCUT2D eigenvalue weighted by Crippen LogP contribution is 2.01. The van der Waals surface area contributed by atoms with Crippen LogP contribution in [0, 0.1) is 11.3 Å². The van der Waals surface area contributed by atoms with Crippen LogP contribution in [0.3, 0.4) is 0 Å². The predicted octanol–water partition coefficient (Wildman–Crippen LogP) is 1.42. The average molecular weight is 118 g/mol. The lowest BCUT2D eigenvalue weighted by Gasteiger charge is -1.82. The molecule has 0 saturated carbocycles. The molecule has 0 aromatic carbocycles. The van der Waals surface area contributed by atoms with Crippen molar-refractivity contribution in [3.05, 3.63) is 23.9 Å². The van der Waals surface area contributed by atoms with Crippen LogP contribution in [-0.4, -0.2) is 6.21 Å². The highest BCUT2D eigenvalue weighted by molar-refractivity contribution is 5.74. The topological polar surface area (TPSA) is 36.1 Å². The van der Waals surface area contributed by atoms with Gasteiger partial charge in [0, 0.05) is 24.4 Å². The van der Waals surface area contributed by atoms with Crippen molar-refractivity contribution in [2.24, 2.45) is 4.99 Å². The highest BCUT2D eigenvalue weighted by atomic mass is 14.7. The van der Waals surface area contributed by atoms with Gasteiger partial charge in [0.15, 0.2) is 0 Å². The van der Waals surface area contributed by atoms with Crippen LogP contribution in [0.2, 0.25) is 0 Å². The summed E-state index contributed by atoms with van der Waals surface area (Å²) in [6, 6.07) is 2.06. The Kier molecular flexibility index (Phi) is 1.81. The highest BCUT2D eigenvalue weighted by Gasteiger charge is 1.90. The minimum atomic E-state index is 0.705. The van der Waals surface area contributed by atoms with Gasteiger partial charge in [-0.1, -0.05) is 6.08 Å². The fourth-order valence-corrected chi connectivity index (χ4v) is 0.574. The molecule has 0 N–H and O–H groups in total. The maximum atomic E-state index is 8.40. The van der Waals surface area contributed by atoms with Crippen LogP contribution in [0.4, 0.5) is 0 Å². The lowest BCUT2D eigenvalue weighted by molar-refractivity contribution is 1.28. The zero-order valence-corrected chi connectivity index (χ0v) is 4.91. The molecule has 0 spiro atoms. The molecule has 0 aromatic rings. The Morgan fingerprint density at radius 2 is 2.56 bits per heavy atom. The molecule has 0 bridgehead atoms. The Morgan fingerprint density at radius 3 is 3.33 bits per heavy atom. The number of aliphatic imine (C=N–C) groups is 1. The lowest BCUT2D eigenvalue weighted by Crippen LogP contribution is -1.73. The number of nitriles is 1. The standard InChI is InChI=1S/C7H6N2/c8-6-7-2-1-4-9-5-3-7/h1,3-5H,2H2. The van der Waals surface area contributed by atoms with Crippen molar-refractivity contribution in [2.75, 3.05) is 0 Å².